The summed E-state index contributed by atoms with van der Waals surface area (Å²) in [5, 5.41) is 7.02. The van der Waals surface area contributed by atoms with Crippen LogP contribution in [0.25, 0.3) is 115 Å². The number of rotatable bonds is 5. The lowest BCUT2D eigenvalue weighted by Gasteiger charge is -2.09. The molecule has 5 nitrogen and oxygen atoms in total. The Balaban J connectivity index is 1.02. The second-order valence-electron chi connectivity index (χ2n) is 14.4. The molecule has 12 aromatic rings. The molecule has 0 amide bonds. The first-order valence-electron chi connectivity index (χ1n) is 19.0. The summed E-state index contributed by atoms with van der Waals surface area (Å²) in [5.74, 6) is 1.85. The highest BCUT2D eigenvalue weighted by molar-refractivity contribution is 7.26. The van der Waals surface area contributed by atoms with E-state index >= 15 is 0 Å². The lowest BCUT2D eigenvalue weighted by molar-refractivity contribution is 0.669. The van der Waals surface area contributed by atoms with E-state index < -0.39 is 0 Å². The summed E-state index contributed by atoms with van der Waals surface area (Å²) in [7, 11) is 0. The summed E-state index contributed by atoms with van der Waals surface area (Å²) >= 11 is 1.78. The minimum absolute atomic E-state index is 0.593. The summed E-state index contributed by atoms with van der Waals surface area (Å²) in [6.07, 6.45) is 0. The van der Waals surface area contributed by atoms with Gasteiger partial charge in [-0.25, -0.2) is 15.0 Å². The number of aromatic nitrogens is 4. The fourth-order valence-electron chi connectivity index (χ4n) is 8.47. The molecule has 4 aromatic heterocycles. The number of nitrogens with zero attached hydrogens (tertiary/aromatic N) is 4. The minimum Gasteiger partial charge on any atom is -0.456 e. The lowest BCUT2D eigenvalue weighted by Crippen LogP contribution is -2.00. The van der Waals surface area contributed by atoms with E-state index in [2.05, 4.69) is 156 Å². The van der Waals surface area contributed by atoms with E-state index in [-0.39, 0.29) is 0 Å². The van der Waals surface area contributed by atoms with Crippen LogP contribution in [0.1, 0.15) is 0 Å². The quantitative estimate of drug-likeness (QED) is 0.176. The van der Waals surface area contributed by atoms with Crippen molar-refractivity contribution in [2.75, 3.05) is 0 Å². The Morgan fingerprint density at radius 3 is 1.81 bits per heavy atom. The molecule has 0 spiro atoms. The van der Waals surface area contributed by atoms with Crippen molar-refractivity contribution in [3.63, 3.8) is 0 Å². The van der Waals surface area contributed by atoms with Crippen LogP contribution in [0, 0.1) is 0 Å². The highest BCUT2D eigenvalue weighted by atomic mass is 32.1. The number of fused-ring (bicyclic) bond motifs is 9. The maximum absolute atomic E-state index is 6.55. The summed E-state index contributed by atoms with van der Waals surface area (Å²) in [6.45, 7) is 0. The molecule has 12 rings (SSSR count). The van der Waals surface area contributed by atoms with Gasteiger partial charge in [0, 0.05) is 64.1 Å². The minimum atomic E-state index is 0.593. The summed E-state index contributed by atoms with van der Waals surface area (Å²) < 4.78 is 11.3. The zero-order valence-electron chi connectivity index (χ0n) is 30.4. The molecule has 0 fully saturated rings. The van der Waals surface area contributed by atoms with E-state index in [0.717, 1.165) is 49.0 Å². The molecule has 0 bridgehead atoms. The third kappa shape index (κ3) is 5.04. The molecule has 8 aromatic carbocycles. The molecular formula is C51H30N4OS. The smallest absolute Gasteiger partial charge is 0.165 e. The van der Waals surface area contributed by atoms with Gasteiger partial charge in [-0.1, -0.05) is 127 Å². The number of furan rings is 1. The Hall–Kier alpha value is -7.41. The van der Waals surface area contributed by atoms with Crippen molar-refractivity contribution in [1.82, 2.24) is 19.5 Å². The van der Waals surface area contributed by atoms with Gasteiger partial charge in [-0.15, -0.1) is 11.3 Å². The fraction of sp³-hybridized carbons (Fsp3) is 0. The Kier molecular flexibility index (Phi) is 7.03. The number of hydrogen-bond acceptors (Lipinski definition) is 5. The number of para-hydroxylation sites is 2. The maximum Gasteiger partial charge on any atom is 0.165 e. The summed E-state index contributed by atoms with van der Waals surface area (Å²) in [6, 6.07) is 63.7. The number of hydrogen-bond donors (Lipinski definition) is 0. The first kappa shape index (κ1) is 31.9. The zero-order chi connectivity index (χ0) is 37.5. The largest absolute Gasteiger partial charge is 0.456 e. The van der Waals surface area contributed by atoms with Gasteiger partial charge in [0.25, 0.3) is 0 Å². The van der Waals surface area contributed by atoms with Crippen LogP contribution in [0.4, 0.5) is 0 Å². The SMILES string of the molecule is c1ccc(-c2nc(-c3ccc4c(c3)oc3ccc(-n5c6ccccc6c6ccccc65)cc34)nc(-c3cccc4c3sc3cccc(-c5ccccc5)c34)n2)cc1. The van der Waals surface area contributed by atoms with Crippen LogP contribution < -0.4 is 0 Å². The van der Waals surface area contributed by atoms with E-state index in [1.165, 1.54) is 48.4 Å². The van der Waals surface area contributed by atoms with Crippen LogP contribution in [-0.2, 0) is 0 Å². The van der Waals surface area contributed by atoms with Crippen molar-refractivity contribution in [2.24, 2.45) is 0 Å². The molecule has 0 atom stereocenters. The van der Waals surface area contributed by atoms with Gasteiger partial charge in [-0.2, -0.15) is 0 Å². The normalized spacial score (nSPS) is 11.9. The fourth-order valence-corrected chi connectivity index (χ4v) is 9.71. The summed E-state index contributed by atoms with van der Waals surface area (Å²) in [4.78, 5) is 15.4. The highest BCUT2D eigenvalue weighted by Crippen LogP contribution is 2.44. The molecule has 0 N–H and O–H groups in total. The molecule has 0 saturated carbocycles. The van der Waals surface area contributed by atoms with Crippen LogP contribution in [-0.4, -0.2) is 19.5 Å². The second kappa shape index (κ2) is 12.6. The van der Waals surface area contributed by atoms with Crippen molar-refractivity contribution in [2.45, 2.75) is 0 Å². The van der Waals surface area contributed by atoms with E-state index in [0.29, 0.717) is 17.5 Å². The first-order chi connectivity index (χ1) is 28.2. The van der Waals surface area contributed by atoms with Gasteiger partial charge < -0.3 is 8.98 Å². The zero-order valence-corrected chi connectivity index (χ0v) is 31.2. The molecule has 0 radical (unpaired) electrons. The van der Waals surface area contributed by atoms with Crippen molar-refractivity contribution >= 4 is 75.3 Å². The van der Waals surface area contributed by atoms with Crippen LogP contribution in [0.5, 0.6) is 0 Å². The van der Waals surface area contributed by atoms with Crippen molar-refractivity contribution in [3.05, 3.63) is 182 Å². The van der Waals surface area contributed by atoms with Crippen LogP contribution >= 0.6 is 11.3 Å². The topological polar surface area (TPSA) is 56.7 Å². The third-order valence-electron chi connectivity index (χ3n) is 11.1. The standard InChI is InChI=1S/C51H30N4OS/c1-3-13-31(14-4-1)35-19-12-24-46-47(35)39-20-11-21-40(48(39)57-46)51-53-49(32-15-5-2-6-16-32)52-50(54-51)33-25-27-38-41-30-34(26-28-44(41)56-45(38)29-33)55-42-22-9-7-17-36(42)37-18-8-10-23-43(37)55/h1-30H. The predicted molar refractivity (Wildman–Crippen MR) is 236 cm³/mol. The van der Waals surface area contributed by atoms with Gasteiger partial charge in [0.05, 0.1) is 11.0 Å². The molecule has 4 heterocycles. The Morgan fingerprint density at radius 2 is 1.04 bits per heavy atom. The van der Waals surface area contributed by atoms with Crippen molar-refractivity contribution < 1.29 is 4.42 Å². The molecule has 0 aliphatic heterocycles. The van der Waals surface area contributed by atoms with Crippen molar-refractivity contribution in [1.29, 1.82) is 0 Å². The number of benzene rings is 8. The second-order valence-corrected chi connectivity index (χ2v) is 15.4. The number of thiophene rings is 1. The van der Waals surface area contributed by atoms with Gasteiger partial charge >= 0.3 is 0 Å². The third-order valence-corrected chi connectivity index (χ3v) is 12.3. The van der Waals surface area contributed by atoms with Gasteiger partial charge in [0.2, 0.25) is 0 Å². The molecule has 0 aliphatic rings. The van der Waals surface area contributed by atoms with E-state index in [9.17, 15) is 0 Å². The maximum atomic E-state index is 6.55. The predicted octanol–water partition coefficient (Wildman–Crippen LogP) is 13.9. The van der Waals surface area contributed by atoms with Crippen molar-refractivity contribution in [3.8, 4) is 51.0 Å². The molecular weight excluding hydrogens is 717 g/mol. The highest BCUT2D eigenvalue weighted by Gasteiger charge is 2.20. The van der Waals surface area contributed by atoms with E-state index in [1.807, 2.05) is 30.3 Å². The van der Waals surface area contributed by atoms with E-state index in [1.54, 1.807) is 11.3 Å². The van der Waals surface area contributed by atoms with Crippen LogP contribution in [0.3, 0.4) is 0 Å². The van der Waals surface area contributed by atoms with Crippen LogP contribution in [0.2, 0.25) is 0 Å². The van der Waals surface area contributed by atoms with Gasteiger partial charge in [-0.3, -0.25) is 0 Å². The summed E-state index contributed by atoms with van der Waals surface area (Å²) in [5.41, 5.74) is 10.3. The van der Waals surface area contributed by atoms with Gasteiger partial charge in [0.15, 0.2) is 17.5 Å². The van der Waals surface area contributed by atoms with Gasteiger partial charge in [0.1, 0.15) is 11.2 Å². The Bertz CT molecular complexity index is 3470. The Morgan fingerprint density at radius 1 is 0.404 bits per heavy atom. The molecule has 0 aliphatic carbocycles. The molecule has 266 valence electrons. The lowest BCUT2D eigenvalue weighted by atomic mass is 9.99. The van der Waals surface area contributed by atoms with Gasteiger partial charge in [-0.05, 0) is 65.7 Å². The average Bonchev–Trinajstić information content (AvgIpc) is 3.96. The molecule has 0 unspecified atom stereocenters. The molecule has 6 heteroatoms. The molecule has 0 saturated heterocycles. The monoisotopic (exact) mass is 746 g/mol. The first-order valence-corrected chi connectivity index (χ1v) is 19.8. The van der Waals surface area contributed by atoms with Crippen LogP contribution in [0.15, 0.2) is 186 Å². The average molecular weight is 747 g/mol. The Labute approximate surface area is 330 Å². The van der Waals surface area contributed by atoms with E-state index in [4.69, 9.17) is 19.4 Å². The molecule has 57 heavy (non-hydrogen) atoms.